The van der Waals surface area contributed by atoms with E-state index in [-0.39, 0.29) is 31.4 Å². The molecule has 1 aromatic heterocycles. The van der Waals surface area contributed by atoms with Gasteiger partial charge < -0.3 is 10.0 Å². The molecule has 10 heteroatoms. The van der Waals surface area contributed by atoms with Crippen molar-refractivity contribution < 1.29 is 19.5 Å². The number of rotatable bonds is 6. The summed E-state index contributed by atoms with van der Waals surface area (Å²) < 4.78 is 1.63. The largest absolute Gasteiger partial charge is 0.395 e. The molecule has 152 valence electrons. The highest BCUT2D eigenvalue weighted by Crippen LogP contribution is 2.31. The van der Waals surface area contributed by atoms with Crippen LogP contribution in [0.2, 0.25) is 0 Å². The summed E-state index contributed by atoms with van der Waals surface area (Å²) in [5.41, 5.74) is 2.78. The Morgan fingerprint density at radius 2 is 2.14 bits per heavy atom. The molecule has 3 amide bonds. The zero-order chi connectivity index (χ0) is 20.5. The van der Waals surface area contributed by atoms with Crippen molar-refractivity contribution >= 4 is 17.7 Å². The summed E-state index contributed by atoms with van der Waals surface area (Å²) in [6.07, 6.45) is 2.34. The fourth-order valence-electron chi connectivity index (χ4n) is 3.80. The summed E-state index contributed by atoms with van der Waals surface area (Å²) >= 11 is 0. The first-order valence-corrected chi connectivity index (χ1v) is 9.45. The second kappa shape index (κ2) is 7.72. The van der Waals surface area contributed by atoms with E-state index in [2.05, 4.69) is 15.6 Å². The number of imide groups is 1. The average Bonchev–Trinajstić information content (AvgIpc) is 3.27. The minimum atomic E-state index is -0.654. The number of piperidine rings is 1. The molecule has 1 fully saturated rings. The van der Waals surface area contributed by atoms with E-state index in [1.165, 1.54) is 4.90 Å². The third kappa shape index (κ3) is 3.64. The van der Waals surface area contributed by atoms with Gasteiger partial charge in [-0.05, 0) is 25.6 Å². The van der Waals surface area contributed by atoms with Crippen LogP contribution in [0.15, 0.2) is 24.4 Å². The third-order valence-electron chi connectivity index (χ3n) is 5.26. The van der Waals surface area contributed by atoms with Gasteiger partial charge in [0.15, 0.2) is 0 Å². The molecular weight excluding hydrogens is 376 g/mol. The van der Waals surface area contributed by atoms with E-state index >= 15 is 0 Å². The number of aliphatic hydroxyl groups excluding tert-OH is 1. The number of amides is 3. The molecular formula is C19H22N6O4. The first-order valence-electron chi connectivity index (χ1n) is 9.45. The minimum Gasteiger partial charge on any atom is -0.395 e. The van der Waals surface area contributed by atoms with Crippen LogP contribution in [-0.2, 0) is 22.7 Å². The van der Waals surface area contributed by atoms with Crippen LogP contribution >= 0.6 is 0 Å². The van der Waals surface area contributed by atoms with Gasteiger partial charge in [0, 0.05) is 37.2 Å². The molecule has 1 atom stereocenters. The van der Waals surface area contributed by atoms with Crippen LogP contribution in [0.3, 0.4) is 0 Å². The first kappa shape index (κ1) is 19.2. The number of fused-ring (bicyclic) bond motifs is 1. The van der Waals surface area contributed by atoms with Gasteiger partial charge in [0.05, 0.1) is 24.2 Å². The fourth-order valence-corrected chi connectivity index (χ4v) is 3.80. The van der Waals surface area contributed by atoms with Gasteiger partial charge in [0.25, 0.3) is 5.91 Å². The molecule has 29 heavy (non-hydrogen) atoms. The molecule has 0 radical (unpaired) electrons. The summed E-state index contributed by atoms with van der Waals surface area (Å²) in [4.78, 5) is 40.0. The van der Waals surface area contributed by atoms with Gasteiger partial charge in [-0.25, -0.2) is 4.68 Å². The van der Waals surface area contributed by atoms with E-state index in [1.54, 1.807) is 23.0 Å². The van der Waals surface area contributed by atoms with Crippen molar-refractivity contribution in [3.63, 3.8) is 0 Å². The quantitative estimate of drug-likeness (QED) is 0.627. The number of nitrogens with zero attached hydrogens (tertiary/aromatic N) is 5. The minimum absolute atomic E-state index is 0.0646. The fraction of sp³-hybridized carbons (Fsp3) is 0.421. The second-order valence-corrected chi connectivity index (χ2v) is 7.32. The predicted molar refractivity (Wildman–Crippen MR) is 101 cm³/mol. The van der Waals surface area contributed by atoms with Gasteiger partial charge in [-0.2, -0.15) is 0 Å². The van der Waals surface area contributed by atoms with E-state index in [4.69, 9.17) is 5.11 Å². The van der Waals surface area contributed by atoms with Crippen LogP contribution < -0.4 is 5.32 Å². The zero-order valence-electron chi connectivity index (χ0n) is 16.0. The summed E-state index contributed by atoms with van der Waals surface area (Å²) in [6.45, 7) is 1.41. The Kier molecular flexibility index (Phi) is 5.12. The maximum atomic E-state index is 12.9. The van der Waals surface area contributed by atoms with Crippen LogP contribution in [0, 0.1) is 0 Å². The molecule has 0 bridgehead atoms. The Morgan fingerprint density at radius 1 is 1.31 bits per heavy atom. The Balaban J connectivity index is 1.58. The Bertz CT molecular complexity index is 971. The molecule has 0 saturated carbocycles. The summed E-state index contributed by atoms with van der Waals surface area (Å²) in [7, 11) is 1.88. The number of aliphatic hydroxyl groups is 1. The summed E-state index contributed by atoms with van der Waals surface area (Å²) in [6, 6.07) is 4.72. The number of likely N-dealkylation sites (N-methyl/N-ethyl adjacent to an activating group) is 1. The SMILES string of the molecule is CN(CCO)Cc1cn(-c2cccc3c2CN(C2CCC(=O)NC2=O)C3=O)nn1. The molecule has 2 N–H and O–H groups in total. The van der Waals surface area contributed by atoms with E-state index < -0.39 is 11.9 Å². The molecule has 0 aliphatic carbocycles. The number of aromatic nitrogens is 3. The Hall–Kier alpha value is -3.11. The molecule has 2 aliphatic rings. The number of carbonyl (C=O) groups is 3. The standard InChI is InChI=1S/C19H22N6O4/c1-23(7-8-26)9-12-10-25(22-21-12)15-4-2-3-13-14(15)11-24(19(13)29)16-5-6-17(27)20-18(16)28/h2-4,10,16,26H,5-9,11H2,1H3,(H,20,27,28). The number of hydrogen-bond acceptors (Lipinski definition) is 7. The molecule has 1 aromatic carbocycles. The van der Waals surface area contributed by atoms with Crippen molar-refractivity contribution in [1.82, 2.24) is 30.1 Å². The molecule has 1 saturated heterocycles. The second-order valence-electron chi connectivity index (χ2n) is 7.32. The molecule has 2 aliphatic heterocycles. The van der Waals surface area contributed by atoms with Crippen LogP contribution in [-0.4, -0.2) is 73.9 Å². The van der Waals surface area contributed by atoms with E-state index in [0.717, 1.165) is 16.9 Å². The van der Waals surface area contributed by atoms with Crippen LogP contribution in [0.5, 0.6) is 0 Å². The lowest BCUT2D eigenvalue weighted by molar-refractivity contribution is -0.136. The van der Waals surface area contributed by atoms with E-state index in [1.807, 2.05) is 18.0 Å². The van der Waals surface area contributed by atoms with Gasteiger partial charge >= 0.3 is 0 Å². The van der Waals surface area contributed by atoms with E-state index in [0.29, 0.717) is 25.1 Å². The van der Waals surface area contributed by atoms with Crippen molar-refractivity contribution in [1.29, 1.82) is 0 Å². The summed E-state index contributed by atoms with van der Waals surface area (Å²) in [5, 5.41) is 19.7. The van der Waals surface area contributed by atoms with Crippen molar-refractivity contribution in [2.45, 2.75) is 32.0 Å². The van der Waals surface area contributed by atoms with Crippen LogP contribution in [0.4, 0.5) is 0 Å². The molecule has 10 nitrogen and oxygen atoms in total. The lowest BCUT2D eigenvalue weighted by atomic mass is 10.0. The van der Waals surface area contributed by atoms with Gasteiger partial charge in [-0.3, -0.25) is 24.6 Å². The normalized spacial score (nSPS) is 19.1. The first-order chi connectivity index (χ1) is 14.0. The van der Waals surface area contributed by atoms with Gasteiger partial charge in [-0.15, -0.1) is 5.10 Å². The number of carbonyl (C=O) groups excluding carboxylic acids is 3. The lowest BCUT2D eigenvalue weighted by Gasteiger charge is -2.29. The number of benzene rings is 1. The van der Waals surface area contributed by atoms with Gasteiger partial charge in [0.1, 0.15) is 6.04 Å². The highest BCUT2D eigenvalue weighted by Gasteiger charge is 2.40. The monoisotopic (exact) mass is 398 g/mol. The topological polar surface area (TPSA) is 121 Å². The predicted octanol–water partition coefficient (Wildman–Crippen LogP) is -0.548. The highest BCUT2D eigenvalue weighted by molar-refractivity contribution is 6.05. The van der Waals surface area contributed by atoms with Crippen molar-refractivity contribution in [2.75, 3.05) is 20.2 Å². The molecule has 2 aromatic rings. The van der Waals surface area contributed by atoms with Crippen molar-refractivity contribution in [3.05, 3.63) is 41.2 Å². The van der Waals surface area contributed by atoms with Crippen molar-refractivity contribution in [2.24, 2.45) is 0 Å². The smallest absolute Gasteiger partial charge is 0.255 e. The zero-order valence-corrected chi connectivity index (χ0v) is 16.0. The van der Waals surface area contributed by atoms with Gasteiger partial charge in [0.2, 0.25) is 11.8 Å². The molecule has 1 unspecified atom stereocenters. The maximum absolute atomic E-state index is 12.9. The van der Waals surface area contributed by atoms with Crippen LogP contribution in [0.25, 0.3) is 5.69 Å². The summed E-state index contributed by atoms with van der Waals surface area (Å²) in [5.74, 6) is -0.962. The highest BCUT2D eigenvalue weighted by atomic mass is 16.3. The Labute approximate surface area is 167 Å². The average molecular weight is 398 g/mol. The van der Waals surface area contributed by atoms with E-state index in [9.17, 15) is 14.4 Å². The molecule has 4 rings (SSSR count). The lowest BCUT2D eigenvalue weighted by Crippen LogP contribution is -2.52. The molecule has 0 spiro atoms. The van der Waals surface area contributed by atoms with Crippen LogP contribution in [0.1, 0.15) is 34.5 Å². The molecule has 3 heterocycles. The third-order valence-corrected chi connectivity index (χ3v) is 5.26. The number of hydrogen-bond donors (Lipinski definition) is 2. The number of nitrogens with one attached hydrogen (secondary N) is 1. The maximum Gasteiger partial charge on any atom is 0.255 e. The van der Waals surface area contributed by atoms with Gasteiger partial charge in [-0.1, -0.05) is 11.3 Å². The Morgan fingerprint density at radius 3 is 2.90 bits per heavy atom. The van der Waals surface area contributed by atoms with Crippen molar-refractivity contribution in [3.8, 4) is 5.69 Å².